The number of hydrogen-bond donors (Lipinski definition) is 2. The summed E-state index contributed by atoms with van der Waals surface area (Å²) < 4.78 is 5.50. The molecule has 5 heteroatoms. The topological polar surface area (TPSA) is 71.1 Å². The van der Waals surface area contributed by atoms with Gasteiger partial charge in [0, 0.05) is 12.6 Å². The fourth-order valence-electron chi connectivity index (χ4n) is 1.64. The Labute approximate surface area is 94.2 Å². The lowest BCUT2D eigenvalue weighted by molar-refractivity contribution is 0.282. The van der Waals surface area contributed by atoms with Gasteiger partial charge in [-0.1, -0.05) is 0 Å². The average molecular weight is 220 g/mol. The number of furan rings is 1. The Bertz CT molecular complexity index is 418. The molecule has 0 amide bonds. The van der Waals surface area contributed by atoms with E-state index < -0.39 is 0 Å². The van der Waals surface area contributed by atoms with Crippen LogP contribution in [0, 0.1) is 6.92 Å². The average Bonchev–Trinajstić information content (AvgIpc) is 2.76. The molecule has 2 aromatic heterocycles. The standard InChI is InChI=1S/C11H16N4O/c1-8-3-4-10(16-8)7-15(2)6-9-5-11(12)14-13-9/h3-5H,6-7H2,1-2H3,(H3,12,13,14). The molecule has 0 unspecified atom stereocenters. The lowest BCUT2D eigenvalue weighted by Crippen LogP contribution is -2.17. The highest BCUT2D eigenvalue weighted by Crippen LogP contribution is 2.10. The number of aromatic nitrogens is 2. The van der Waals surface area contributed by atoms with Crippen LogP contribution in [-0.2, 0) is 13.1 Å². The minimum Gasteiger partial charge on any atom is -0.465 e. The van der Waals surface area contributed by atoms with Crippen LogP contribution in [0.1, 0.15) is 17.2 Å². The van der Waals surface area contributed by atoms with Crippen LogP contribution in [0.3, 0.4) is 0 Å². The van der Waals surface area contributed by atoms with Crippen LogP contribution in [0.2, 0.25) is 0 Å². The van der Waals surface area contributed by atoms with E-state index in [2.05, 4.69) is 15.1 Å². The van der Waals surface area contributed by atoms with Gasteiger partial charge < -0.3 is 10.2 Å². The molecule has 16 heavy (non-hydrogen) atoms. The molecule has 0 bridgehead atoms. The van der Waals surface area contributed by atoms with E-state index in [0.717, 1.165) is 30.3 Å². The predicted molar refractivity (Wildman–Crippen MR) is 61.6 cm³/mol. The Morgan fingerprint density at radius 2 is 2.25 bits per heavy atom. The molecule has 2 heterocycles. The van der Waals surface area contributed by atoms with E-state index in [4.69, 9.17) is 10.2 Å². The third-order valence-electron chi connectivity index (χ3n) is 2.31. The SMILES string of the molecule is Cc1ccc(CN(C)Cc2cc(N)n[nH]2)o1. The first kappa shape index (κ1) is 10.8. The summed E-state index contributed by atoms with van der Waals surface area (Å²) in [4.78, 5) is 2.13. The van der Waals surface area contributed by atoms with Crippen LogP contribution < -0.4 is 5.73 Å². The largest absolute Gasteiger partial charge is 0.465 e. The van der Waals surface area contributed by atoms with Crippen molar-refractivity contribution >= 4 is 5.82 Å². The number of aromatic amines is 1. The summed E-state index contributed by atoms with van der Waals surface area (Å²) >= 11 is 0. The molecular formula is C11H16N4O. The fourth-order valence-corrected chi connectivity index (χ4v) is 1.64. The molecule has 0 aliphatic heterocycles. The first-order chi connectivity index (χ1) is 7.63. The molecule has 0 saturated heterocycles. The molecule has 86 valence electrons. The van der Waals surface area contributed by atoms with Crippen molar-refractivity contribution in [2.75, 3.05) is 12.8 Å². The van der Waals surface area contributed by atoms with E-state index >= 15 is 0 Å². The lowest BCUT2D eigenvalue weighted by Gasteiger charge is -2.13. The van der Waals surface area contributed by atoms with E-state index in [1.807, 2.05) is 32.2 Å². The molecule has 2 aromatic rings. The first-order valence-corrected chi connectivity index (χ1v) is 5.17. The Balaban J connectivity index is 1.91. The lowest BCUT2D eigenvalue weighted by atomic mass is 10.3. The van der Waals surface area contributed by atoms with Crippen molar-refractivity contribution < 1.29 is 4.42 Å². The van der Waals surface area contributed by atoms with Crippen molar-refractivity contribution in [3.05, 3.63) is 35.4 Å². The van der Waals surface area contributed by atoms with Crippen molar-refractivity contribution in [2.24, 2.45) is 0 Å². The Morgan fingerprint density at radius 1 is 1.44 bits per heavy atom. The summed E-state index contributed by atoms with van der Waals surface area (Å²) in [5.41, 5.74) is 6.53. The number of rotatable bonds is 4. The predicted octanol–water partition coefficient (Wildman–Crippen LogP) is 1.53. The van der Waals surface area contributed by atoms with E-state index in [9.17, 15) is 0 Å². The monoisotopic (exact) mass is 220 g/mol. The summed E-state index contributed by atoms with van der Waals surface area (Å²) in [5, 5.41) is 6.76. The molecule has 0 aromatic carbocycles. The highest BCUT2D eigenvalue weighted by atomic mass is 16.3. The Kier molecular flexibility index (Phi) is 2.96. The van der Waals surface area contributed by atoms with Crippen molar-refractivity contribution in [3.63, 3.8) is 0 Å². The second-order valence-electron chi connectivity index (χ2n) is 4.00. The first-order valence-electron chi connectivity index (χ1n) is 5.17. The van der Waals surface area contributed by atoms with Crippen molar-refractivity contribution in [1.29, 1.82) is 0 Å². The second kappa shape index (κ2) is 4.40. The van der Waals surface area contributed by atoms with Gasteiger partial charge in [-0.05, 0) is 26.1 Å². The van der Waals surface area contributed by atoms with Crippen molar-refractivity contribution in [2.45, 2.75) is 20.0 Å². The number of anilines is 1. The Morgan fingerprint density at radius 3 is 2.81 bits per heavy atom. The minimum atomic E-state index is 0.525. The van der Waals surface area contributed by atoms with Gasteiger partial charge in [0.1, 0.15) is 17.3 Å². The van der Waals surface area contributed by atoms with E-state index in [-0.39, 0.29) is 0 Å². The number of aryl methyl sites for hydroxylation is 1. The van der Waals surface area contributed by atoms with E-state index in [0.29, 0.717) is 5.82 Å². The van der Waals surface area contributed by atoms with Gasteiger partial charge in [-0.15, -0.1) is 0 Å². The number of nitrogens with zero attached hydrogens (tertiary/aromatic N) is 2. The normalized spacial score (nSPS) is 11.2. The van der Waals surface area contributed by atoms with E-state index in [1.165, 1.54) is 0 Å². The van der Waals surface area contributed by atoms with Gasteiger partial charge in [0.15, 0.2) is 0 Å². The van der Waals surface area contributed by atoms with Crippen LogP contribution >= 0.6 is 0 Å². The van der Waals surface area contributed by atoms with Gasteiger partial charge in [-0.2, -0.15) is 5.10 Å². The molecule has 3 N–H and O–H groups in total. The van der Waals surface area contributed by atoms with Gasteiger partial charge in [0.2, 0.25) is 0 Å². The molecule has 0 aliphatic carbocycles. The van der Waals surface area contributed by atoms with Crippen LogP contribution in [0.25, 0.3) is 0 Å². The van der Waals surface area contributed by atoms with Gasteiger partial charge >= 0.3 is 0 Å². The highest BCUT2D eigenvalue weighted by molar-refractivity contribution is 5.28. The maximum atomic E-state index is 5.53. The minimum absolute atomic E-state index is 0.525. The number of nitrogens with two attached hydrogens (primary N) is 1. The molecule has 0 aliphatic rings. The van der Waals surface area contributed by atoms with Gasteiger partial charge in [-0.3, -0.25) is 10.00 Å². The summed E-state index contributed by atoms with van der Waals surface area (Å²) in [6.45, 7) is 3.48. The van der Waals surface area contributed by atoms with E-state index in [1.54, 1.807) is 0 Å². The summed E-state index contributed by atoms with van der Waals surface area (Å²) in [5.74, 6) is 2.43. The smallest absolute Gasteiger partial charge is 0.145 e. The summed E-state index contributed by atoms with van der Waals surface area (Å²) in [6, 6.07) is 5.80. The molecule has 0 fully saturated rings. The number of nitrogen functional groups attached to an aromatic ring is 1. The third-order valence-corrected chi connectivity index (χ3v) is 2.31. The van der Waals surface area contributed by atoms with Gasteiger partial charge in [-0.25, -0.2) is 0 Å². The van der Waals surface area contributed by atoms with Crippen LogP contribution in [-0.4, -0.2) is 22.1 Å². The quantitative estimate of drug-likeness (QED) is 0.819. The highest BCUT2D eigenvalue weighted by Gasteiger charge is 2.06. The maximum absolute atomic E-state index is 5.53. The van der Waals surface area contributed by atoms with Gasteiger partial charge in [0.25, 0.3) is 0 Å². The Hall–Kier alpha value is -1.75. The zero-order valence-corrected chi connectivity index (χ0v) is 9.53. The summed E-state index contributed by atoms with van der Waals surface area (Å²) in [6.07, 6.45) is 0. The number of hydrogen-bond acceptors (Lipinski definition) is 4. The molecule has 0 saturated carbocycles. The third kappa shape index (κ3) is 2.64. The molecular weight excluding hydrogens is 204 g/mol. The molecule has 0 atom stereocenters. The maximum Gasteiger partial charge on any atom is 0.145 e. The van der Waals surface area contributed by atoms with Crippen molar-refractivity contribution in [3.8, 4) is 0 Å². The van der Waals surface area contributed by atoms with Crippen molar-refractivity contribution in [1.82, 2.24) is 15.1 Å². The van der Waals surface area contributed by atoms with Crippen LogP contribution in [0.4, 0.5) is 5.82 Å². The fraction of sp³-hybridized carbons (Fsp3) is 0.364. The molecule has 0 spiro atoms. The molecule has 2 rings (SSSR count). The molecule has 5 nitrogen and oxygen atoms in total. The van der Waals surface area contributed by atoms with Crippen LogP contribution in [0.5, 0.6) is 0 Å². The molecule has 0 radical (unpaired) electrons. The zero-order chi connectivity index (χ0) is 11.5. The van der Waals surface area contributed by atoms with Crippen LogP contribution in [0.15, 0.2) is 22.6 Å². The number of H-pyrrole nitrogens is 1. The second-order valence-corrected chi connectivity index (χ2v) is 4.00. The zero-order valence-electron chi connectivity index (χ0n) is 9.53. The summed E-state index contributed by atoms with van der Waals surface area (Å²) in [7, 11) is 2.02. The van der Waals surface area contributed by atoms with Gasteiger partial charge in [0.05, 0.1) is 12.2 Å². The number of nitrogens with one attached hydrogen (secondary N) is 1.